The van der Waals surface area contributed by atoms with Gasteiger partial charge in [0.25, 0.3) is 0 Å². The van der Waals surface area contributed by atoms with Gasteiger partial charge in [0.1, 0.15) is 23.9 Å². The summed E-state index contributed by atoms with van der Waals surface area (Å²) in [5, 5.41) is 0. The third kappa shape index (κ3) is 4.48. The first-order valence-corrected chi connectivity index (χ1v) is 8.18. The molecule has 0 bridgehead atoms. The fourth-order valence-electron chi connectivity index (χ4n) is 2.40. The van der Waals surface area contributed by atoms with Crippen molar-refractivity contribution < 1.29 is 13.9 Å². The van der Waals surface area contributed by atoms with Crippen molar-refractivity contribution in [3.8, 4) is 5.75 Å². The molecule has 3 nitrogen and oxygen atoms in total. The van der Waals surface area contributed by atoms with Gasteiger partial charge in [-0.3, -0.25) is 4.79 Å². The molecule has 3 rings (SSSR count). The second-order valence-corrected chi connectivity index (χ2v) is 5.92. The Hall–Kier alpha value is -3.07. The van der Waals surface area contributed by atoms with Crippen LogP contribution in [0, 0.1) is 13.8 Å². The smallest absolute Gasteiger partial charge is 0.185 e. The van der Waals surface area contributed by atoms with Crippen LogP contribution in [0.3, 0.4) is 0 Å². The molecule has 0 fully saturated rings. The quantitative estimate of drug-likeness (QED) is 0.450. The molecule has 0 spiro atoms. The summed E-state index contributed by atoms with van der Waals surface area (Å²) in [6.07, 6.45) is 3.20. The highest BCUT2D eigenvalue weighted by Crippen LogP contribution is 2.19. The summed E-state index contributed by atoms with van der Waals surface area (Å²) in [4.78, 5) is 12.1. The Morgan fingerprint density at radius 1 is 1.00 bits per heavy atom. The molecule has 0 saturated carbocycles. The standard InChI is InChI=1S/C22H20O3/c1-16-7-9-18(10-8-16)21(23)14-13-19-11-12-20(25-19)15-24-22-6-4-3-5-17(22)2/h3-14H,15H2,1-2H3/b14-13+. The Labute approximate surface area is 147 Å². The minimum Gasteiger partial charge on any atom is -0.485 e. The van der Waals surface area contributed by atoms with Crippen LogP contribution in [0.25, 0.3) is 6.08 Å². The number of allylic oxidation sites excluding steroid dienone is 1. The van der Waals surface area contributed by atoms with Gasteiger partial charge in [-0.15, -0.1) is 0 Å². The van der Waals surface area contributed by atoms with Crippen LogP contribution in [0.1, 0.15) is 33.0 Å². The largest absolute Gasteiger partial charge is 0.485 e. The van der Waals surface area contributed by atoms with E-state index in [9.17, 15) is 4.79 Å². The van der Waals surface area contributed by atoms with Gasteiger partial charge in [0.15, 0.2) is 5.78 Å². The Morgan fingerprint density at radius 3 is 2.52 bits per heavy atom. The number of benzene rings is 2. The second-order valence-electron chi connectivity index (χ2n) is 5.92. The van der Waals surface area contributed by atoms with Crippen molar-refractivity contribution in [2.45, 2.75) is 20.5 Å². The summed E-state index contributed by atoms with van der Waals surface area (Å²) in [5.74, 6) is 2.13. The predicted molar refractivity (Wildman–Crippen MR) is 98.8 cm³/mol. The molecule has 0 radical (unpaired) electrons. The number of ether oxygens (including phenoxy) is 1. The van der Waals surface area contributed by atoms with Crippen LogP contribution in [0.2, 0.25) is 0 Å². The third-order valence-corrected chi connectivity index (χ3v) is 3.88. The van der Waals surface area contributed by atoms with Crippen LogP contribution in [0.5, 0.6) is 5.75 Å². The number of aryl methyl sites for hydroxylation is 2. The van der Waals surface area contributed by atoms with E-state index < -0.39 is 0 Å². The summed E-state index contributed by atoms with van der Waals surface area (Å²) in [5.41, 5.74) is 2.87. The molecule has 0 aliphatic carbocycles. The number of hydrogen-bond acceptors (Lipinski definition) is 3. The number of carbonyl (C=O) groups is 1. The molecule has 0 atom stereocenters. The zero-order valence-electron chi connectivity index (χ0n) is 14.4. The van der Waals surface area contributed by atoms with Crippen molar-refractivity contribution in [1.29, 1.82) is 0 Å². The highest BCUT2D eigenvalue weighted by molar-refractivity contribution is 6.06. The minimum atomic E-state index is -0.0471. The number of ketones is 1. The molecule has 2 aromatic carbocycles. The van der Waals surface area contributed by atoms with Gasteiger partial charge in [0.05, 0.1) is 0 Å². The van der Waals surface area contributed by atoms with Crippen LogP contribution in [-0.4, -0.2) is 5.78 Å². The van der Waals surface area contributed by atoms with E-state index in [0.29, 0.717) is 23.7 Å². The van der Waals surface area contributed by atoms with E-state index in [0.717, 1.165) is 16.9 Å². The van der Waals surface area contributed by atoms with Crippen molar-refractivity contribution in [1.82, 2.24) is 0 Å². The molecule has 126 valence electrons. The molecule has 0 aliphatic heterocycles. The van der Waals surface area contributed by atoms with Gasteiger partial charge in [-0.2, -0.15) is 0 Å². The van der Waals surface area contributed by atoms with Gasteiger partial charge in [-0.05, 0) is 49.8 Å². The lowest BCUT2D eigenvalue weighted by Gasteiger charge is -2.06. The highest BCUT2D eigenvalue weighted by Gasteiger charge is 2.04. The van der Waals surface area contributed by atoms with Crippen molar-refractivity contribution >= 4 is 11.9 Å². The molecule has 1 aromatic heterocycles. The molecule has 0 N–H and O–H groups in total. The lowest BCUT2D eigenvalue weighted by Crippen LogP contribution is -1.95. The van der Waals surface area contributed by atoms with Crippen LogP contribution in [0.4, 0.5) is 0 Å². The summed E-state index contributed by atoms with van der Waals surface area (Å²) in [6, 6.07) is 19.0. The first-order valence-electron chi connectivity index (χ1n) is 8.18. The van der Waals surface area contributed by atoms with E-state index >= 15 is 0 Å². The number of furan rings is 1. The third-order valence-electron chi connectivity index (χ3n) is 3.88. The summed E-state index contributed by atoms with van der Waals surface area (Å²) in [6.45, 7) is 4.35. The second kappa shape index (κ2) is 7.67. The molecule has 3 aromatic rings. The molecular formula is C22H20O3. The number of hydrogen-bond donors (Lipinski definition) is 0. The van der Waals surface area contributed by atoms with Gasteiger partial charge >= 0.3 is 0 Å². The molecule has 0 saturated heterocycles. The molecule has 0 amide bonds. The maximum Gasteiger partial charge on any atom is 0.185 e. The molecule has 1 heterocycles. The minimum absolute atomic E-state index is 0.0471. The number of rotatable bonds is 6. The van der Waals surface area contributed by atoms with E-state index in [1.54, 1.807) is 6.08 Å². The average molecular weight is 332 g/mol. The summed E-state index contributed by atoms with van der Waals surface area (Å²) < 4.78 is 11.4. The zero-order valence-corrected chi connectivity index (χ0v) is 14.4. The first kappa shape index (κ1) is 16.8. The molecule has 0 unspecified atom stereocenters. The monoisotopic (exact) mass is 332 g/mol. The molecular weight excluding hydrogens is 312 g/mol. The van der Waals surface area contributed by atoms with Crippen molar-refractivity contribution in [2.24, 2.45) is 0 Å². The van der Waals surface area contributed by atoms with Crippen molar-refractivity contribution in [3.05, 3.63) is 95.0 Å². The van der Waals surface area contributed by atoms with E-state index in [4.69, 9.17) is 9.15 Å². The lowest BCUT2D eigenvalue weighted by molar-refractivity contribution is 0.104. The lowest BCUT2D eigenvalue weighted by atomic mass is 10.1. The predicted octanol–water partition coefficient (Wildman–Crippen LogP) is 5.37. The molecule has 0 aliphatic rings. The average Bonchev–Trinajstić information content (AvgIpc) is 3.07. The number of carbonyl (C=O) groups excluding carboxylic acids is 1. The fourth-order valence-corrected chi connectivity index (χ4v) is 2.40. The van der Waals surface area contributed by atoms with E-state index in [-0.39, 0.29) is 5.78 Å². The van der Waals surface area contributed by atoms with Gasteiger partial charge < -0.3 is 9.15 Å². The first-order chi connectivity index (χ1) is 12.1. The maximum absolute atomic E-state index is 12.1. The normalized spacial score (nSPS) is 11.0. The topological polar surface area (TPSA) is 39.4 Å². The fraction of sp³-hybridized carbons (Fsp3) is 0.136. The Balaban J connectivity index is 1.60. The van der Waals surface area contributed by atoms with Crippen LogP contribution >= 0.6 is 0 Å². The van der Waals surface area contributed by atoms with Crippen molar-refractivity contribution in [2.75, 3.05) is 0 Å². The van der Waals surface area contributed by atoms with Crippen LogP contribution in [-0.2, 0) is 6.61 Å². The SMILES string of the molecule is Cc1ccc(C(=O)/C=C/c2ccc(COc3ccccc3C)o2)cc1. The summed E-state index contributed by atoms with van der Waals surface area (Å²) in [7, 11) is 0. The van der Waals surface area contributed by atoms with E-state index in [2.05, 4.69) is 0 Å². The van der Waals surface area contributed by atoms with Gasteiger partial charge in [0.2, 0.25) is 0 Å². The van der Waals surface area contributed by atoms with Crippen LogP contribution < -0.4 is 4.74 Å². The van der Waals surface area contributed by atoms with E-state index in [1.165, 1.54) is 6.08 Å². The van der Waals surface area contributed by atoms with Gasteiger partial charge in [-0.1, -0.05) is 48.0 Å². The summed E-state index contributed by atoms with van der Waals surface area (Å²) >= 11 is 0. The number of para-hydroxylation sites is 1. The Bertz CT molecular complexity index is 886. The Kier molecular flexibility index (Phi) is 5.14. The van der Waals surface area contributed by atoms with E-state index in [1.807, 2.05) is 74.5 Å². The zero-order chi connectivity index (χ0) is 17.6. The highest BCUT2D eigenvalue weighted by atomic mass is 16.5. The Morgan fingerprint density at radius 2 is 1.76 bits per heavy atom. The van der Waals surface area contributed by atoms with Gasteiger partial charge in [-0.25, -0.2) is 0 Å². The maximum atomic E-state index is 12.1. The van der Waals surface area contributed by atoms with Crippen LogP contribution in [0.15, 0.2) is 71.2 Å². The molecule has 3 heteroatoms. The molecule has 25 heavy (non-hydrogen) atoms. The van der Waals surface area contributed by atoms with Gasteiger partial charge in [0, 0.05) is 5.56 Å². The van der Waals surface area contributed by atoms with Crippen molar-refractivity contribution in [3.63, 3.8) is 0 Å².